The molecule has 3 nitrogen and oxygen atoms in total. The lowest BCUT2D eigenvalue weighted by Gasteiger charge is -2.15. The topological polar surface area (TPSA) is 19.4 Å². The van der Waals surface area contributed by atoms with Crippen molar-refractivity contribution in [2.24, 2.45) is 0 Å². The molecule has 1 heterocycles. The monoisotopic (exact) mass is 521 g/mol. The number of halogens is 1. The number of hydrogen-bond donors (Lipinski definition) is 0. The summed E-state index contributed by atoms with van der Waals surface area (Å²) in [5.41, 5.74) is 6.78. The van der Waals surface area contributed by atoms with E-state index in [0.29, 0.717) is 0 Å². The molecule has 0 bridgehead atoms. The predicted molar refractivity (Wildman–Crippen MR) is 139 cm³/mol. The molecule has 0 saturated heterocycles. The maximum atomic E-state index is 6.38. The van der Waals surface area contributed by atoms with Gasteiger partial charge in [-0.1, -0.05) is 24.3 Å². The summed E-state index contributed by atoms with van der Waals surface area (Å²) in [7, 11) is 8.22. The van der Waals surface area contributed by atoms with Gasteiger partial charge in [0.2, 0.25) is 0 Å². The number of hydrogen-bond acceptors (Lipinski definition) is 2. The Kier molecular flexibility index (Phi) is 6.28. The van der Waals surface area contributed by atoms with Crippen LogP contribution in [-0.2, 0) is 0 Å². The van der Waals surface area contributed by atoms with Crippen LogP contribution in [0.25, 0.3) is 16.9 Å². The van der Waals surface area contributed by atoms with Gasteiger partial charge in [0.1, 0.15) is 25.6 Å². The Morgan fingerprint density at radius 3 is 2.03 bits per heavy atom. The molecule has 4 heteroatoms. The molecule has 1 aliphatic carbocycles. The molecule has 3 aromatic rings. The highest BCUT2D eigenvalue weighted by Crippen LogP contribution is 2.34. The lowest BCUT2D eigenvalue weighted by molar-refractivity contribution is -0.462. The van der Waals surface area contributed by atoms with Crippen molar-refractivity contribution in [1.29, 1.82) is 0 Å². The van der Waals surface area contributed by atoms with Crippen LogP contribution in [0.5, 0.6) is 0 Å². The number of rotatable bonds is 4. The van der Waals surface area contributed by atoms with Crippen LogP contribution in [0, 0.1) is 3.57 Å². The second-order valence-corrected chi connectivity index (χ2v) is 9.17. The smallest absolute Gasteiger partial charge is 0.199 e. The van der Waals surface area contributed by atoms with Crippen molar-refractivity contribution in [3.63, 3.8) is 0 Å². The average Bonchev–Trinajstić information content (AvgIpc) is 3.25. The fraction of sp³-hybridized carbons (Fsp3) is 0.148. The zero-order valence-electron chi connectivity index (χ0n) is 18.3. The first kappa shape index (κ1) is 21.4. The zero-order valence-corrected chi connectivity index (χ0v) is 20.4. The highest BCUT2D eigenvalue weighted by Gasteiger charge is 2.17. The highest BCUT2D eigenvalue weighted by molar-refractivity contribution is 14.1. The second kappa shape index (κ2) is 9.10. The van der Waals surface area contributed by atoms with Crippen molar-refractivity contribution in [3.8, 4) is 11.3 Å². The summed E-state index contributed by atoms with van der Waals surface area (Å²) in [5.74, 6) is 1.74. The maximum Gasteiger partial charge on any atom is 0.199 e. The molecular weight excluding hydrogens is 495 g/mol. The van der Waals surface area contributed by atoms with Crippen molar-refractivity contribution in [1.82, 2.24) is 0 Å². The number of furan rings is 1. The van der Waals surface area contributed by atoms with Gasteiger partial charge in [0.25, 0.3) is 0 Å². The van der Waals surface area contributed by atoms with Gasteiger partial charge in [0.05, 0.1) is 0 Å². The van der Waals surface area contributed by atoms with Crippen LogP contribution in [0.3, 0.4) is 0 Å². The van der Waals surface area contributed by atoms with Crippen LogP contribution in [0.2, 0.25) is 0 Å². The lowest BCUT2D eigenvalue weighted by atomic mass is 9.94. The predicted octanol–water partition coefficient (Wildman–Crippen LogP) is 6.26. The van der Waals surface area contributed by atoms with Gasteiger partial charge in [-0.25, -0.2) is 4.58 Å². The van der Waals surface area contributed by atoms with E-state index in [4.69, 9.17) is 4.42 Å². The van der Waals surface area contributed by atoms with Gasteiger partial charge in [0.15, 0.2) is 5.71 Å². The highest BCUT2D eigenvalue weighted by atomic mass is 127. The van der Waals surface area contributed by atoms with Crippen LogP contribution in [0.1, 0.15) is 11.3 Å². The van der Waals surface area contributed by atoms with Gasteiger partial charge in [-0.15, -0.1) is 0 Å². The van der Waals surface area contributed by atoms with Crippen molar-refractivity contribution < 1.29 is 8.99 Å². The summed E-state index contributed by atoms with van der Waals surface area (Å²) in [6.07, 6.45) is 8.62. The van der Waals surface area contributed by atoms with Crippen molar-refractivity contribution in [2.75, 3.05) is 33.1 Å². The van der Waals surface area contributed by atoms with E-state index >= 15 is 0 Å². The summed E-state index contributed by atoms with van der Waals surface area (Å²) in [4.78, 5) is 2.11. The molecule has 0 amide bonds. The molecule has 0 spiro atoms. The maximum absolute atomic E-state index is 6.38. The molecule has 1 aliphatic rings. The SMILES string of the molecule is CN(C)c1ccc(C(=C2C=CC(=[N+](C)C)C=C2)c2ccc(-c3ccc(I)cc3)o2)cc1. The molecule has 31 heavy (non-hydrogen) atoms. The summed E-state index contributed by atoms with van der Waals surface area (Å²) < 4.78 is 9.69. The summed E-state index contributed by atoms with van der Waals surface area (Å²) in [6, 6.07) is 21.1. The molecule has 156 valence electrons. The molecule has 2 aromatic carbocycles. The van der Waals surface area contributed by atoms with Crippen LogP contribution in [0.15, 0.2) is 95.0 Å². The van der Waals surface area contributed by atoms with E-state index in [1.165, 1.54) is 15.0 Å². The van der Waals surface area contributed by atoms with E-state index in [1.54, 1.807) is 0 Å². The van der Waals surface area contributed by atoms with E-state index in [1.807, 2.05) is 0 Å². The minimum atomic E-state index is 0.865. The van der Waals surface area contributed by atoms with E-state index in [2.05, 4.69) is 145 Å². The number of nitrogens with zero attached hydrogens (tertiary/aromatic N) is 2. The minimum absolute atomic E-state index is 0.865. The number of anilines is 1. The largest absolute Gasteiger partial charge is 0.456 e. The van der Waals surface area contributed by atoms with Gasteiger partial charge in [-0.3, -0.25) is 0 Å². The van der Waals surface area contributed by atoms with Crippen LogP contribution in [0.4, 0.5) is 5.69 Å². The Morgan fingerprint density at radius 1 is 0.806 bits per heavy atom. The van der Waals surface area contributed by atoms with E-state index < -0.39 is 0 Å². The molecular formula is C27H26IN2O+. The van der Waals surface area contributed by atoms with E-state index in [9.17, 15) is 0 Å². The molecule has 1 aromatic heterocycles. The minimum Gasteiger partial charge on any atom is -0.456 e. The molecule has 0 fully saturated rings. The Labute approximate surface area is 197 Å². The molecule has 0 aliphatic heterocycles. The van der Waals surface area contributed by atoms with Crippen molar-refractivity contribution in [2.45, 2.75) is 0 Å². The second-order valence-electron chi connectivity index (χ2n) is 7.93. The van der Waals surface area contributed by atoms with Gasteiger partial charge in [0, 0.05) is 46.6 Å². The average molecular weight is 521 g/mol. The first-order chi connectivity index (χ1) is 14.9. The third kappa shape index (κ3) is 4.74. The van der Waals surface area contributed by atoms with Gasteiger partial charge >= 0.3 is 0 Å². The summed E-state index contributed by atoms with van der Waals surface area (Å²) in [5, 5.41) is 0. The molecule has 0 N–H and O–H groups in total. The quantitative estimate of drug-likeness (QED) is 0.298. The fourth-order valence-corrected chi connectivity index (χ4v) is 3.90. The zero-order chi connectivity index (χ0) is 22.0. The third-order valence-corrected chi connectivity index (χ3v) is 6.05. The Hall–Kier alpha value is -2.86. The van der Waals surface area contributed by atoms with Crippen molar-refractivity contribution in [3.05, 3.63) is 105 Å². The van der Waals surface area contributed by atoms with Crippen LogP contribution >= 0.6 is 22.6 Å². The first-order valence-corrected chi connectivity index (χ1v) is 11.3. The fourth-order valence-electron chi connectivity index (χ4n) is 3.55. The van der Waals surface area contributed by atoms with Gasteiger partial charge < -0.3 is 9.32 Å². The summed E-state index contributed by atoms with van der Waals surface area (Å²) in [6.45, 7) is 0. The Balaban J connectivity index is 1.81. The van der Waals surface area contributed by atoms with Gasteiger partial charge in [-0.05, 0) is 82.3 Å². The standard InChI is InChI=1S/C27H26IN2O/c1-29(2)23-13-7-20(8-14-23)27(21-9-15-24(16-10-21)30(3)4)26-18-17-25(31-26)19-5-11-22(28)12-6-19/h5-18H,1-4H3/q+1. The molecule has 0 saturated carbocycles. The number of allylic oxidation sites excluding steroid dienone is 5. The molecule has 0 radical (unpaired) electrons. The molecule has 0 atom stereocenters. The third-order valence-electron chi connectivity index (χ3n) is 5.33. The van der Waals surface area contributed by atoms with Crippen LogP contribution in [-0.4, -0.2) is 38.5 Å². The normalized spacial score (nSPS) is 12.9. The first-order valence-electron chi connectivity index (χ1n) is 10.2. The van der Waals surface area contributed by atoms with Crippen molar-refractivity contribution >= 4 is 39.6 Å². The lowest BCUT2D eigenvalue weighted by Crippen LogP contribution is -2.10. The van der Waals surface area contributed by atoms with Gasteiger partial charge in [-0.2, -0.15) is 0 Å². The van der Waals surface area contributed by atoms with E-state index in [0.717, 1.165) is 33.8 Å². The summed E-state index contributed by atoms with van der Waals surface area (Å²) >= 11 is 2.32. The molecule has 4 rings (SSSR count). The Morgan fingerprint density at radius 2 is 1.45 bits per heavy atom. The number of benzene rings is 2. The van der Waals surface area contributed by atoms with E-state index in [-0.39, 0.29) is 0 Å². The Bertz CT molecular complexity index is 1180. The molecule has 0 unspecified atom stereocenters. The van der Waals surface area contributed by atoms with Crippen LogP contribution < -0.4 is 4.90 Å².